The molecular weight excluding hydrogens is 411 g/mol. The summed E-state index contributed by atoms with van der Waals surface area (Å²) in [4.78, 5) is 27.7. The van der Waals surface area contributed by atoms with Crippen LogP contribution in [0.5, 0.6) is 0 Å². The molecule has 0 spiro atoms. The van der Waals surface area contributed by atoms with E-state index < -0.39 is 17.7 Å². The number of carbonyl (C=O) groups is 2. The number of alkyl halides is 2. The van der Waals surface area contributed by atoms with Gasteiger partial charge >= 0.3 is 5.97 Å². The molecule has 4 nitrogen and oxygen atoms in total. The third-order valence-electron chi connectivity index (χ3n) is 4.42. The van der Waals surface area contributed by atoms with Crippen molar-refractivity contribution in [3.05, 3.63) is 68.3 Å². The van der Waals surface area contributed by atoms with Crippen molar-refractivity contribution in [1.29, 1.82) is 0 Å². The number of ether oxygens (including phenoxy) is 1. The van der Waals surface area contributed by atoms with Gasteiger partial charge in [0.25, 0.3) is 5.92 Å². The van der Waals surface area contributed by atoms with Crippen LogP contribution < -0.4 is 0 Å². The Morgan fingerprint density at radius 2 is 1.82 bits per heavy atom. The number of H-pyrrole nitrogens is 1. The highest BCUT2D eigenvalue weighted by molar-refractivity contribution is 6.42. The van der Waals surface area contributed by atoms with Gasteiger partial charge in [-0.25, -0.2) is 13.6 Å². The molecule has 0 unspecified atom stereocenters. The number of nitrogens with one attached hydrogen (secondary N) is 1. The SMILES string of the molecule is COC(=O)c1ccc(Cl)c(C(=O)c2cc3c(C)cc(C(C)(F)F)cc3[nH]2)c1Cl. The van der Waals surface area contributed by atoms with Crippen molar-refractivity contribution in [2.24, 2.45) is 0 Å². The highest BCUT2D eigenvalue weighted by Crippen LogP contribution is 2.34. The number of rotatable bonds is 4. The summed E-state index contributed by atoms with van der Waals surface area (Å²) in [6.45, 7) is 2.48. The van der Waals surface area contributed by atoms with Crippen molar-refractivity contribution in [2.45, 2.75) is 19.8 Å². The minimum Gasteiger partial charge on any atom is -0.465 e. The second-order valence-corrected chi connectivity index (χ2v) is 7.22. The Labute approximate surface area is 169 Å². The van der Waals surface area contributed by atoms with E-state index in [-0.39, 0.29) is 32.4 Å². The molecule has 0 saturated heterocycles. The van der Waals surface area contributed by atoms with Crippen molar-refractivity contribution in [2.75, 3.05) is 7.11 Å². The molecule has 146 valence electrons. The normalized spacial score (nSPS) is 11.7. The molecule has 0 fully saturated rings. The first-order chi connectivity index (χ1) is 13.0. The van der Waals surface area contributed by atoms with Crippen LogP contribution in [0, 0.1) is 6.92 Å². The van der Waals surface area contributed by atoms with Gasteiger partial charge in [-0.2, -0.15) is 0 Å². The molecule has 0 atom stereocenters. The van der Waals surface area contributed by atoms with Gasteiger partial charge in [0.15, 0.2) is 0 Å². The van der Waals surface area contributed by atoms with Gasteiger partial charge in [0.2, 0.25) is 5.78 Å². The van der Waals surface area contributed by atoms with Crippen LogP contribution in [0.3, 0.4) is 0 Å². The fourth-order valence-corrected chi connectivity index (χ4v) is 3.58. The van der Waals surface area contributed by atoms with Crippen LogP contribution in [-0.2, 0) is 10.7 Å². The molecule has 0 saturated carbocycles. The van der Waals surface area contributed by atoms with Gasteiger partial charge in [0.05, 0.1) is 34.0 Å². The van der Waals surface area contributed by atoms with E-state index in [0.29, 0.717) is 16.5 Å². The van der Waals surface area contributed by atoms with Gasteiger partial charge in [-0.15, -0.1) is 0 Å². The molecule has 0 amide bonds. The largest absolute Gasteiger partial charge is 0.465 e. The first-order valence-corrected chi connectivity index (χ1v) is 8.93. The van der Waals surface area contributed by atoms with Crippen LogP contribution >= 0.6 is 23.2 Å². The Morgan fingerprint density at radius 1 is 1.14 bits per heavy atom. The van der Waals surface area contributed by atoms with Gasteiger partial charge in [-0.1, -0.05) is 23.2 Å². The molecule has 0 aliphatic rings. The molecule has 28 heavy (non-hydrogen) atoms. The van der Waals surface area contributed by atoms with E-state index in [1.54, 1.807) is 13.0 Å². The second-order valence-electron chi connectivity index (χ2n) is 6.43. The van der Waals surface area contributed by atoms with Crippen LogP contribution in [0.15, 0.2) is 30.3 Å². The van der Waals surface area contributed by atoms with E-state index in [2.05, 4.69) is 9.72 Å². The summed E-state index contributed by atoms with van der Waals surface area (Å²) in [7, 11) is 1.19. The van der Waals surface area contributed by atoms with Gasteiger partial charge in [-0.3, -0.25) is 4.79 Å². The zero-order chi connectivity index (χ0) is 20.8. The number of aromatic nitrogens is 1. The van der Waals surface area contributed by atoms with Crippen LogP contribution in [0.4, 0.5) is 8.78 Å². The summed E-state index contributed by atoms with van der Waals surface area (Å²) in [5.41, 5.74) is 0.845. The average Bonchev–Trinajstić information content (AvgIpc) is 3.05. The lowest BCUT2D eigenvalue weighted by Gasteiger charge is -2.11. The summed E-state index contributed by atoms with van der Waals surface area (Å²) in [5.74, 6) is -4.30. The summed E-state index contributed by atoms with van der Waals surface area (Å²) >= 11 is 12.4. The topological polar surface area (TPSA) is 59.2 Å². The standard InChI is InChI=1S/C20H15Cl2F2NO3/c1-9-6-10(20(2,23)24)7-14-12(9)8-15(25-14)18(26)16-13(21)5-4-11(17(16)22)19(27)28-3/h4-8,25H,1-3H3. The molecular formula is C20H15Cl2F2NO3. The third-order valence-corrected chi connectivity index (χ3v) is 5.13. The number of hydrogen-bond acceptors (Lipinski definition) is 3. The lowest BCUT2D eigenvalue weighted by atomic mass is 10.0. The van der Waals surface area contributed by atoms with Gasteiger partial charge in [0.1, 0.15) is 0 Å². The quantitative estimate of drug-likeness (QED) is 0.417. The Bertz CT molecular complexity index is 1120. The number of esters is 1. The number of aromatic amines is 1. The van der Waals surface area contributed by atoms with Gasteiger partial charge in [-0.05, 0) is 42.8 Å². The molecule has 0 radical (unpaired) electrons. The molecule has 1 N–H and O–H groups in total. The molecule has 2 aromatic carbocycles. The number of aryl methyl sites for hydroxylation is 1. The minimum atomic E-state index is -3.02. The number of halogens is 4. The molecule has 0 bridgehead atoms. The van der Waals surface area contributed by atoms with E-state index in [1.807, 2.05) is 0 Å². The van der Waals surface area contributed by atoms with E-state index >= 15 is 0 Å². The van der Waals surface area contributed by atoms with E-state index in [4.69, 9.17) is 23.2 Å². The van der Waals surface area contributed by atoms with E-state index in [9.17, 15) is 18.4 Å². The minimum absolute atomic E-state index is 0.00267. The van der Waals surface area contributed by atoms with Gasteiger partial charge in [0, 0.05) is 23.4 Å². The fraction of sp³-hybridized carbons (Fsp3) is 0.200. The number of carbonyl (C=O) groups excluding carboxylic acids is 2. The number of hydrogen-bond donors (Lipinski definition) is 1. The van der Waals surface area contributed by atoms with Crippen molar-refractivity contribution < 1.29 is 23.1 Å². The summed E-state index contributed by atoms with van der Waals surface area (Å²) in [5, 5.41) is 0.534. The maximum Gasteiger partial charge on any atom is 0.339 e. The number of benzene rings is 2. The molecule has 1 aromatic heterocycles. The monoisotopic (exact) mass is 425 g/mol. The van der Waals surface area contributed by atoms with Gasteiger partial charge < -0.3 is 9.72 Å². The maximum atomic E-state index is 13.7. The average molecular weight is 426 g/mol. The number of ketones is 1. The lowest BCUT2D eigenvalue weighted by Crippen LogP contribution is -2.09. The second kappa shape index (κ2) is 7.18. The zero-order valence-corrected chi connectivity index (χ0v) is 16.6. The van der Waals surface area contributed by atoms with E-state index in [0.717, 1.165) is 6.92 Å². The molecule has 8 heteroatoms. The molecule has 0 aliphatic heterocycles. The van der Waals surface area contributed by atoms with Crippen LogP contribution in [0.1, 0.15) is 44.5 Å². The summed E-state index contributed by atoms with van der Waals surface area (Å²) < 4.78 is 32.0. The zero-order valence-electron chi connectivity index (χ0n) is 15.1. The Kier molecular flexibility index (Phi) is 5.21. The Morgan fingerprint density at radius 3 is 2.43 bits per heavy atom. The smallest absolute Gasteiger partial charge is 0.339 e. The van der Waals surface area contributed by atoms with Crippen molar-refractivity contribution in [3.63, 3.8) is 0 Å². The third kappa shape index (κ3) is 3.50. The fourth-order valence-electron chi connectivity index (χ4n) is 2.96. The van der Waals surface area contributed by atoms with Crippen molar-refractivity contribution in [3.8, 4) is 0 Å². The molecule has 0 aliphatic carbocycles. The Balaban J connectivity index is 2.15. The first kappa shape index (κ1) is 20.3. The Hall–Kier alpha value is -2.44. The molecule has 3 aromatic rings. The predicted octanol–water partition coefficient (Wildman–Crippen LogP) is 5.91. The highest BCUT2D eigenvalue weighted by atomic mass is 35.5. The molecule has 3 rings (SSSR count). The molecule has 1 heterocycles. The van der Waals surface area contributed by atoms with E-state index in [1.165, 1.54) is 31.4 Å². The van der Waals surface area contributed by atoms with Crippen molar-refractivity contribution >= 4 is 45.9 Å². The van der Waals surface area contributed by atoms with Crippen LogP contribution in [-0.4, -0.2) is 23.8 Å². The summed E-state index contributed by atoms with van der Waals surface area (Å²) in [6, 6.07) is 6.95. The highest BCUT2D eigenvalue weighted by Gasteiger charge is 2.27. The maximum absolute atomic E-state index is 13.7. The van der Waals surface area contributed by atoms with Crippen molar-refractivity contribution in [1.82, 2.24) is 4.98 Å². The van der Waals surface area contributed by atoms with Crippen LogP contribution in [0.2, 0.25) is 10.0 Å². The summed E-state index contributed by atoms with van der Waals surface area (Å²) in [6.07, 6.45) is 0. The lowest BCUT2D eigenvalue weighted by molar-refractivity contribution is 0.0175. The number of methoxy groups -OCH3 is 1. The predicted molar refractivity (Wildman–Crippen MR) is 104 cm³/mol. The first-order valence-electron chi connectivity index (χ1n) is 8.17. The van der Waals surface area contributed by atoms with Crippen LogP contribution in [0.25, 0.3) is 10.9 Å². The number of fused-ring (bicyclic) bond motifs is 1.